The van der Waals surface area contributed by atoms with Crippen molar-refractivity contribution in [1.29, 1.82) is 0 Å². The van der Waals surface area contributed by atoms with Gasteiger partial charge in [0, 0.05) is 31.3 Å². The van der Waals surface area contributed by atoms with Gasteiger partial charge in [0.15, 0.2) is 0 Å². The van der Waals surface area contributed by atoms with Gasteiger partial charge in [-0.1, -0.05) is 50.1 Å². The Labute approximate surface area is 271 Å². The quantitative estimate of drug-likeness (QED) is 0.0863. The zero-order valence-corrected chi connectivity index (χ0v) is 26.7. The molecule has 0 aromatic heterocycles. The lowest BCUT2D eigenvalue weighted by Gasteiger charge is -2.21. The molecule has 0 unspecified atom stereocenters. The lowest BCUT2D eigenvalue weighted by atomic mass is 10.1. The number of unbranched alkanes of at least 4 members (excludes halogenated alkanes) is 3. The SMILES string of the molecule is CCc1cccc(N(OC(C)=O)C(=O)Nc2cccc(COCCOCCCCCCNC[C@@H](O)c3ccc(O)c(CO)c3)c2)c1. The Morgan fingerprint density at radius 2 is 1.65 bits per heavy atom. The molecule has 0 spiro atoms. The predicted octanol–water partition coefficient (Wildman–Crippen LogP) is 5.38. The number of amides is 2. The Balaban J connectivity index is 1.25. The van der Waals surface area contributed by atoms with Gasteiger partial charge in [-0.2, -0.15) is 0 Å². The number of hydrogen-bond donors (Lipinski definition) is 5. The number of nitrogens with one attached hydrogen (secondary N) is 2. The summed E-state index contributed by atoms with van der Waals surface area (Å²) in [7, 11) is 0. The van der Waals surface area contributed by atoms with Crippen LogP contribution in [0.2, 0.25) is 0 Å². The van der Waals surface area contributed by atoms with Crippen LogP contribution in [0.15, 0.2) is 66.7 Å². The van der Waals surface area contributed by atoms with Crippen molar-refractivity contribution in [2.45, 2.75) is 65.3 Å². The number of hydrogen-bond acceptors (Lipinski definition) is 9. The van der Waals surface area contributed by atoms with Crippen molar-refractivity contribution in [3.63, 3.8) is 0 Å². The number of aryl methyl sites for hydroxylation is 1. The van der Waals surface area contributed by atoms with Gasteiger partial charge in [-0.05, 0) is 78.9 Å². The second kappa shape index (κ2) is 20.2. The van der Waals surface area contributed by atoms with Crippen molar-refractivity contribution >= 4 is 23.4 Å². The molecule has 1 atom stereocenters. The zero-order valence-electron chi connectivity index (χ0n) is 26.7. The van der Waals surface area contributed by atoms with E-state index in [2.05, 4.69) is 10.6 Å². The third kappa shape index (κ3) is 12.8. The molecule has 11 heteroatoms. The number of hydroxylamine groups is 1. The van der Waals surface area contributed by atoms with Crippen LogP contribution in [0.1, 0.15) is 67.9 Å². The second-order valence-corrected chi connectivity index (χ2v) is 10.9. The number of aromatic hydroxyl groups is 1. The minimum absolute atomic E-state index is 0.0228. The van der Waals surface area contributed by atoms with E-state index < -0.39 is 18.1 Å². The number of aliphatic hydroxyl groups is 2. The average Bonchev–Trinajstić information content (AvgIpc) is 3.05. The van der Waals surface area contributed by atoms with Crippen molar-refractivity contribution in [1.82, 2.24) is 5.32 Å². The van der Waals surface area contributed by atoms with Gasteiger partial charge in [-0.25, -0.2) is 9.59 Å². The Morgan fingerprint density at radius 3 is 2.43 bits per heavy atom. The van der Waals surface area contributed by atoms with Gasteiger partial charge in [0.05, 0.1) is 38.2 Å². The summed E-state index contributed by atoms with van der Waals surface area (Å²) in [6, 6.07) is 18.7. The molecule has 0 aliphatic rings. The summed E-state index contributed by atoms with van der Waals surface area (Å²) in [5.74, 6) is -0.580. The van der Waals surface area contributed by atoms with E-state index in [-0.39, 0.29) is 12.4 Å². The largest absolute Gasteiger partial charge is 0.508 e. The molecule has 3 aromatic rings. The highest BCUT2D eigenvalue weighted by molar-refractivity contribution is 6.01. The topological polar surface area (TPSA) is 150 Å². The Bertz CT molecular complexity index is 1370. The van der Waals surface area contributed by atoms with Crippen LogP contribution in [-0.4, -0.2) is 60.2 Å². The number of carbonyl (C=O) groups is 2. The summed E-state index contributed by atoms with van der Waals surface area (Å²) in [4.78, 5) is 29.9. The minimum atomic E-state index is -0.704. The van der Waals surface area contributed by atoms with E-state index in [1.54, 1.807) is 30.3 Å². The predicted molar refractivity (Wildman–Crippen MR) is 176 cm³/mol. The van der Waals surface area contributed by atoms with Crippen LogP contribution in [0.4, 0.5) is 16.2 Å². The van der Waals surface area contributed by atoms with Crippen molar-refractivity contribution < 1.29 is 39.2 Å². The first kappa shape index (κ1) is 36.5. The normalized spacial score (nSPS) is 11.7. The fourth-order valence-electron chi connectivity index (χ4n) is 4.67. The Morgan fingerprint density at radius 1 is 0.891 bits per heavy atom. The van der Waals surface area contributed by atoms with Crippen LogP contribution < -0.4 is 15.7 Å². The number of phenols is 1. The summed E-state index contributed by atoms with van der Waals surface area (Å²) in [5.41, 5.74) is 3.96. The van der Waals surface area contributed by atoms with Gasteiger partial charge in [0.25, 0.3) is 0 Å². The van der Waals surface area contributed by atoms with E-state index in [1.165, 1.54) is 13.0 Å². The molecule has 3 aromatic carbocycles. The van der Waals surface area contributed by atoms with Crippen LogP contribution >= 0.6 is 0 Å². The third-order valence-corrected chi connectivity index (χ3v) is 7.17. The van der Waals surface area contributed by atoms with Gasteiger partial charge < -0.3 is 40.3 Å². The molecule has 0 aliphatic heterocycles. The van der Waals surface area contributed by atoms with E-state index in [1.807, 2.05) is 37.3 Å². The van der Waals surface area contributed by atoms with Crippen LogP contribution in [-0.2, 0) is 38.7 Å². The van der Waals surface area contributed by atoms with Gasteiger partial charge >= 0.3 is 12.0 Å². The third-order valence-electron chi connectivity index (χ3n) is 7.17. The molecule has 2 amide bonds. The van der Waals surface area contributed by atoms with Crippen LogP contribution in [0.3, 0.4) is 0 Å². The number of benzene rings is 3. The monoisotopic (exact) mass is 637 g/mol. The first-order valence-electron chi connectivity index (χ1n) is 15.7. The van der Waals surface area contributed by atoms with Crippen LogP contribution in [0.25, 0.3) is 0 Å². The lowest BCUT2D eigenvalue weighted by Crippen LogP contribution is -2.36. The van der Waals surface area contributed by atoms with E-state index >= 15 is 0 Å². The molecule has 11 nitrogen and oxygen atoms in total. The number of rotatable bonds is 19. The number of ether oxygens (including phenoxy) is 2. The van der Waals surface area contributed by atoms with Gasteiger partial charge in [0.2, 0.25) is 0 Å². The molecule has 0 aliphatic carbocycles. The minimum Gasteiger partial charge on any atom is -0.508 e. The Kier molecular flexibility index (Phi) is 16.0. The fraction of sp³-hybridized carbons (Fsp3) is 0.429. The van der Waals surface area contributed by atoms with Gasteiger partial charge in [0.1, 0.15) is 5.75 Å². The summed E-state index contributed by atoms with van der Waals surface area (Å²) in [6.45, 7) is 6.12. The summed E-state index contributed by atoms with van der Waals surface area (Å²) in [5, 5.41) is 36.2. The highest BCUT2D eigenvalue weighted by Crippen LogP contribution is 2.23. The Hall–Kier alpha value is -4.00. The number of nitrogens with zero attached hydrogens (tertiary/aromatic N) is 1. The van der Waals surface area contributed by atoms with Crippen molar-refractivity contribution in [3.8, 4) is 5.75 Å². The molecule has 250 valence electrons. The van der Waals surface area contributed by atoms with E-state index in [4.69, 9.17) is 14.3 Å². The van der Waals surface area contributed by atoms with Crippen molar-refractivity contribution in [3.05, 3.63) is 89.0 Å². The van der Waals surface area contributed by atoms with Crippen molar-refractivity contribution in [2.75, 3.05) is 43.3 Å². The average molecular weight is 638 g/mol. The van der Waals surface area contributed by atoms with Crippen LogP contribution in [0, 0.1) is 0 Å². The summed E-state index contributed by atoms with van der Waals surface area (Å²) in [6.07, 6.45) is 4.11. The number of anilines is 2. The lowest BCUT2D eigenvalue weighted by molar-refractivity contribution is -0.141. The van der Waals surface area contributed by atoms with Crippen LogP contribution in [0.5, 0.6) is 5.75 Å². The van der Waals surface area contributed by atoms with E-state index in [0.29, 0.717) is 55.5 Å². The smallest absolute Gasteiger partial charge is 0.359 e. The maximum Gasteiger partial charge on any atom is 0.359 e. The molecular weight excluding hydrogens is 590 g/mol. The molecule has 0 saturated carbocycles. The summed E-state index contributed by atoms with van der Waals surface area (Å²) < 4.78 is 11.4. The first-order chi connectivity index (χ1) is 22.3. The van der Waals surface area contributed by atoms with E-state index in [0.717, 1.165) is 54.8 Å². The molecule has 0 heterocycles. The maximum absolute atomic E-state index is 13.0. The molecular formula is C35H47N3O8. The van der Waals surface area contributed by atoms with Gasteiger partial charge in [-0.15, -0.1) is 5.06 Å². The molecule has 46 heavy (non-hydrogen) atoms. The molecule has 0 saturated heterocycles. The number of aliphatic hydroxyl groups excluding tert-OH is 2. The molecule has 5 N–H and O–H groups in total. The van der Waals surface area contributed by atoms with Crippen molar-refractivity contribution in [2.24, 2.45) is 0 Å². The fourth-order valence-corrected chi connectivity index (χ4v) is 4.67. The summed E-state index contributed by atoms with van der Waals surface area (Å²) >= 11 is 0. The molecule has 3 rings (SSSR count). The maximum atomic E-state index is 13.0. The highest BCUT2D eigenvalue weighted by atomic mass is 16.7. The first-order valence-corrected chi connectivity index (χ1v) is 15.7. The van der Waals surface area contributed by atoms with Gasteiger partial charge in [-0.3, -0.25) is 0 Å². The van der Waals surface area contributed by atoms with E-state index in [9.17, 15) is 24.9 Å². The number of urea groups is 1. The zero-order chi connectivity index (χ0) is 33.1. The second-order valence-electron chi connectivity index (χ2n) is 10.9. The molecule has 0 fully saturated rings. The number of carbonyl (C=O) groups excluding carboxylic acids is 2. The molecule has 0 bridgehead atoms. The highest BCUT2D eigenvalue weighted by Gasteiger charge is 2.20. The molecule has 0 radical (unpaired) electrons. The standard InChI is InChI=1S/C35H47N3O8/c1-3-27-10-9-13-32(21-27)38(46-26(2)40)35(43)37-31-12-8-11-28(20-31)25-45-19-18-44-17-7-5-4-6-16-36-23-34(42)29-14-15-33(41)30(22-29)24-39/h8-15,20-22,34,36,39,41-42H,3-7,16-19,23-25H2,1-2H3,(H,37,43)/t34-/m1/s1.